The van der Waals surface area contributed by atoms with Gasteiger partial charge in [0.2, 0.25) is 11.8 Å². The summed E-state index contributed by atoms with van der Waals surface area (Å²) in [6.07, 6.45) is 3.50. The molecule has 3 aromatic rings. The van der Waals surface area contributed by atoms with Crippen molar-refractivity contribution in [1.29, 1.82) is 0 Å². The fraction of sp³-hybridized carbons (Fsp3) is 0.318. The molecule has 0 atom stereocenters. The SMILES string of the molecule is Cc1ccccc1-c1nnc(SCC(=O)Nc2cccc(Cl)c2N2CCCCC2)o1. The van der Waals surface area contributed by atoms with Crippen molar-refractivity contribution in [2.75, 3.05) is 29.1 Å². The van der Waals surface area contributed by atoms with Crippen molar-refractivity contribution in [3.63, 3.8) is 0 Å². The number of thioether (sulfide) groups is 1. The van der Waals surface area contributed by atoms with Crippen LogP contribution in [-0.2, 0) is 4.79 Å². The number of anilines is 2. The van der Waals surface area contributed by atoms with Gasteiger partial charge in [0.05, 0.1) is 22.2 Å². The summed E-state index contributed by atoms with van der Waals surface area (Å²) < 4.78 is 5.72. The second kappa shape index (κ2) is 9.53. The molecule has 2 aromatic carbocycles. The number of nitrogens with one attached hydrogen (secondary N) is 1. The van der Waals surface area contributed by atoms with Crippen LogP contribution in [0.15, 0.2) is 52.1 Å². The third kappa shape index (κ3) is 4.79. The number of halogens is 1. The molecule has 0 bridgehead atoms. The maximum atomic E-state index is 12.6. The highest BCUT2D eigenvalue weighted by atomic mass is 35.5. The number of aromatic nitrogens is 2. The molecule has 0 radical (unpaired) electrons. The normalized spacial score (nSPS) is 14.0. The molecule has 4 rings (SSSR count). The van der Waals surface area contributed by atoms with Gasteiger partial charge in [0, 0.05) is 18.7 Å². The van der Waals surface area contributed by atoms with Crippen LogP contribution < -0.4 is 10.2 Å². The Morgan fingerprint density at radius 2 is 1.93 bits per heavy atom. The average molecular weight is 443 g/mol. The summed E-state index contributed by atoms with van der Waals surface area (Å²) >= 11 is 7.68. The highest BCUT2D eigenvalue weighted by Crippen LogP contribution is 2.35. The van der Waals surface area contributed by atoms with E-state index in [-0.39, 0.29) is 11.7 Å². The minimum absolute atomic E-state index is 0.142. The minimum atomic E-state index is -0.142. The molecule has 1 amide bonds. The lowest BCUT2D eigenvalue weighted by atomic mass is 10.1. The van der Waals surface area contributed by atoms with E-state index in [1.54, 1.807) is 0 Å². The van der Waals surface area contributed by atoms with E-state index in [0.717, 1.165) is 48.4 Å². The van der Waals surface area contributed by atoms with Crippen LogP contribution in [0, 0.1) is 6.92 Å². The van der Waals surface area contributed by atoms with Gasteiger partial charge in [-0.2, -0.15) is 0 Å². The first-order valence-corrected chi connectivity index (χ1v) is 11.3. The summed E-state index contributed by atoms with van der Waals surface area (Å²) in [6.45, 7) is 3.89. The Morgan fingerprint density at radius 3 is 2.73 bits per heavy atom. The van der Waals surface area contributed by atoms with E-state index in [0.29, 0.717) is 16.1 Å². The zero-order valence-corrected chi connectivity index (χ0v) is 18.3. The molecular formula is C22H23ClN4O2S. The van der Waals surface area contributed by atoms with Crippen LogP contribution in [0.4, 0.5) is 11.4 Å². The monoisotopic (exact) mass is 442 g/mol. The lowest BCUT2D eigenvalue weighted by Gasteiger charge is -2.31. The molecule has 8 heteroatoms. The maximum absolute atomic E-state index is 12.6. The lowest BCUT2D eigenvalue weighted by Crippen LogP contribution is -2.30. The molecule has 0 unspecified atom stereocenters. The second-order valence-corrected chi connectivity index (χ2v) is 8.54. The molecular weight excluding hydrogens is 420 g/mol. The lowest BCUT2D eigenvalue weighted by molar-refractivity contribution is -0.113. The zero-order chi connectivity index (χ0) is 20.9. The topological polar surface area (TPSA) is 71.3 Å². The van der Waals surface area contributed by atoms with E-state index in [1.807, 2.05) is 49.4 Å². The van der Waals surface area contributed by atoms with Crippen molar-refractivity contribution in [2.45, 2.75) is 31.4 Å². The third-order valence-electron chi connectivity index (χ3n) is 5.04. The number of carbonyl (C=O) groups is 1. The number of rotatable bonds is 6. The Labute approximate surface area is 185 Å². The Morgan fingerprint density at radius 1 is 1.13 bits per heavy atom. The van der Waals surface area contributed by atoms with Crippen molar-refractivity contribution in [3.05, 3.63) is 53.1 Å². The predicted octanol–water partition coefficient (Wildman–Crippen LogP) is 5.42. The Balaban J connectivity index is 1.40. The fourth-order valence-corrected chi connectivity index (χ4v) is 4.42. The minimum Gasteiger partial charge on any atom is -0.411 e. The molecule has 1 saturated heterocycles. The Hall–Kier alpha value is -2.51. The summed E-state index contributed by atoms with van der Waals surface area (Å²) in [5.41, 5.74) is 3.59. The average Bonchev–Trinajstić information content (AvgIpc) is 3.22. The summed E-state index contributed by atoms with van der Waals surface area (Å²) in [6, 6.07) is 13.4. The standard InChI is InChI=1S/C22H23ClN4O2S/c1-15-8-3-4-9-16(15)21-25-26-22(29-21)30-14-19(28)24-18-11-7-10-17(23)20(18)27-12-5-2-6-13-27/h3-4,7-11H,2,5-6,12-14H2,1H3,(H,24,28). The van der Waals surface area contributed by atoms with Gasteiger partial charge in [0.1, 0.15) is 0 Å². The van der Waals surface area contributed by atoms with Gasteiger partial charge in [-0.3, -0.25) is 4.79 Å². The van der Waals surface area contributed by atoms with Crippen LogP contribution >= 0.6 is 23.4 Å². The molecule has 1 aliphatic rings. The summed E-state index contributed by atoms with van der Waals surface area (Å²) in [7, 11) is 0. The van der Waals surface area contributed by atoms with E-state index in [2.05, 4.69) is 20.4 Å². The largest absolute Gasteiger partial charge is 0.411 e. The molecule has 30 heavy (non-hydrogen) atoms. The van der Waals surface area contributed by atoms with Crippen LogP contribution in [0.2, 0.25) is 5.02 Å². The number of benzene rings is 2. The van der Waals surface area contributed by atoms with E-state index < -0.39 is 0 Å². The van der Waals surface area contributed by atoms with Crippen molar-refractivity contribution in [2.24, 2.45) is 0 Å². The van der Waals surface area contributed by atoms with Gasteiger partial charge in [-0.1, -0.05) is 47.6 Å². The van der Waals surface area contributed by atoms with Crippen LogP contribution in [-0.4, -0.2) is 34.9 Å². The number of para-hydroxylation sites is 1. The number of hydrogen-bond donors (Lipinski definition) is 1. The maximum Gasteiger partial charge on any atom is 0.277 e. The van der Waals surface area contributed by atoms with Gasteiger partial charge in [0.25, 0.3) is 5.22 Å². The first kappa shape index (κ1) is 20.8. The molecule has 156 valence electrons. The number of amides is 1. The molecule has 1 N–H and O–H groups in total. The van der Waals surface area contributed by atoms with E-state index in [1.165, 1.54) is 18.2 Å². The van der Waals surface area contributed by atoms with Gasteiger partial charge in [0.15, 0.2) is 0 Å². The molecule has 0 saturated carbocycles. The van der Waals surface area contributed by atoms with Gasteiger partial charge in [-0.25, -0.2) is 0 Å². The van der Waals surface area contributed by atoms with Crippen molar-refractivity contribution in [1.82, 2.24) is 10.2 Å². The molecule has 0 aliphatic carbocycles. The molecule has 0 spiro atoms. The van der Waals surface area contributed by atoms with Crippen LogP contribution in [0.1, 0.15) is 24.8 Å². The number of carbonyl (C=O) groups excluding carboxylic acids is 1. The van der Waals surface area contributed by atoms with Crippen molar-refractivity contribution < 1.29 is 9.21 Å². The summed E-state index contributed by atoms with van der Waals surface area (Å²) in [5, 5.41) is 12.2. The fourth-order valence-electron chi connectivity index (χ4n) is 3.56. The number of nitrogens with zero attached hydrogens (tertiary/aromatic N) is 3. The van der Waals surface area contributed by atoms with Crippen LogP contribution in [0.5, 0.6) is 0 Å². The van der Waals surface area contributed by atoms with Crippen LogP contribution in [0.3, 0.4) is 0 Å². The Bertz CT molecular complexity index is 1030. The molecule has 6 nitrogen and oxygen atoms in total. The summed E-state index contributed by atoms with van der Waals surface area (Å²) in [5.74, 6) is 0.482. The quantitative estimate of drug-likeness (QED) is 0.514. The van der Waals surface area contributed by atoms with Crippen molar-refractivity contribution >= 4 is 40.6 Å². The number of aryl methyl sites for hydroxylation is 1. The second-order valence-electron chi connectivity index (χ2n) is 7.21. The molecule has 2 heterocycles. The van der Waals surface area contributed by atoms with Gasteiger partial charge >= 0.3 is 0 Å². The number of piperidine rings is 1. The highest BCUT2D eigenvalue weighted by Gasteiger charge is 2.19. The predicted molar refractivity (Wildman–Crippen MR) is 121 cm³/mol. The van der Waals surface area contributed by atoms with Gasteiger partial charge < -0.3 is 14.6 Å². The van der Waals surface area contributed by atoms with E-state index in [9.17, 15) is 4.79 Å². The molecule has 1 fully saturated rings. The van der Waals surface area contributed by atoms with E-state index >= 15 is 0 Å². The first-order chi connectivity index (χ1) is 14.6. The first-order valence-electron chi connectivity index (χ1n) is 9.97. The zero-order valence-electron chi connectivity index (χ0n) is 16.7. The third-order valence-corrected chi connectivity index (χ3v) is 6.17. The Kier molecular flexibility index (Phi) is 6.59. The van der Waals surface area contributed by atoms with Crippen LogP contribution in [0.25, 0.3) is 11.5 Å². The smallest absolute Gasteiger partial charge is 0.277 e. The highest BCUT2D eigenvalue weighted by molar-refractivity contribution is 7.99. The van der Waals surface area contributed by atoms with Gasteiger partial charge in [-0.05, 0) is 49.9 Å². The molecule has 1 aromatic heterocycles. The van der Waals surface area contributed by atoms with E-state index in [4.69, 9.17) is 16.0 Å². The summed E-state index contributed by atoms with van der Waals surface area (Å²) in [4.78, 5) is 14.8. The molecule has 1 aliphatic heterocycles. The number of hydrogen-bond acceptors (Lipinski definition) is 6. The van der Waals surface area contributed by atoms with Gasteiger partial charge in [-0.15, -0.1) is 10.2 Å². The van der Waals surface area contributed by atoms with Crippen molar-refractivity contribution in [3.8, 4) is 11.5 Å².